The molecule has 0 fully saturated rings. The van der Waals surface area contributed by atoms with Crippen LogP contribution in [0.1, 0.15) is 48.0 Å². The second-order valence-electron chi connectivity index (χ2n) is 4.78. The third-order valence-corrected chi connectivity index (χ3v) is 2.21. The average molecular weight is 213 g/mol. The van der Waals surface area contributed by atoms with Crippen molar-refractivity contribution in [3.8, 4) is 0 Å². The SMILES string of the molecule is CCC(=NCN(CC)CC)NC(C)(C)C. The van der Waals surface area contributed by atoms with Crippen LogP contribution >= 0.6 is 0 Å². The first-order valence-electron chi connectivity index (χ1n) is 5.96. The van der Waals surface area contributed by atoms with Crippen LogP contribution in [-0.2, 0) is 0 Å². The molecule has 15 heavy (non-hydrogen) atoms. The normalized spacial score (nSPS) is 13.4. The highest BCUT2D eigenvalue weighted by Crippen LogP contribution is 2.00. The molecular formula is C12H27N3. The number of hydrogen-bond acceptors (Lipinski definition) is 2. The topological polar surface area (TPSA) is 27.6 Å². The van der Waals surface area contributed by atoms with E-state index in [9.17, 15) is 0 Å². The summed E-state index contributed by atoms with van der Waals surface area (Å²) in [5.74, 6) is 1.11. The van der Waals surface area contributed by atoms with E-state index in [0.29, 0.717) is 0 Å². The summed E-state index contributed by atoms with van der Waals surface area (Å²) in [6.07, 6.45) is 0.971. The summed E-state index contributed by atoms with van der Waals surface area (Å²) < 4.78 is 0. The minimum atomic E-state index is 0.109. The molecular weight excluding hydrogens is 186 g/mol. The molecule has 1 N–H and O–H groups in total. The van der Waals surface area contributed by atoms with Crippen LogP contribution in [0.15, 0.2) is 4.99 Å². The van der Waals surface area contributed by atoms with E-state index in [4.69, 9.17) is 0 Å². The predicted molar refractivity (Wildman–Crippen MR) is 68.4 cm³/mol. The molecule has 0 aliphatic rings. The van der Waals surface area contributed by atoms with Gasteiger partial charge >= 0.3 is 0 Å². The Balaban J connectivity index is 4.21. The van der Waals surface area contributed by atoms with Crippen LogP contribution in [0, 0.1) is 0 Å². The third-order valence-electron chi connectivity index (χ3n) is 2.21. The van der Waals surface area contributed by atoms with Crippen molar-refractivity contribution in [1.82, 2.24) is 10.2 Å². The smallest absolute Gasteiger partial charge is 0.0980 e. The Kier molecular flexibility index (Phi) is 6.57. The molecule has 0 spiro atoms. The van der Waals surface area contributed by atoms with E-state index >= 15 is 0 Å². The van der Waals surface area contributed by atoms with Crippen molar-refractivity contribution in [2.24, 2.45) is 4.99 Å². The molecule has 90 valence electrons. The Bertz CT molecular complexity index is 188. The highest BCUT2D eigenvalue weighted by atomic mass is 15.2. The highest BCUT2D eigenvalue weighted by molar-refractivity contribution is 5.82. The van der Waals surface area contributed by atoms with Crippen LogP contribution in [0.4, 0.5) is 0 Å². The molecule has 3 nitrogen and oxygen atoms in total. The molecule has 0 bridgehead atoms. The predicted octanol–water partition coefficient (Wildman–Crippen LogP) is 2.48. The number of aliphatic imine (C=N–C) groups is 1. The fraction of sp³-hybridized carbons (Fsp3) is 0.917. The van der Waals surface area contributed by atoms with Crippen LogP contribution in [0.25, 0.3) is 0 Å². The van der Waals surface area contributed by atoms with Gasteiger partial charge in [0.1, 0.15) is 0 Å². The minimum absolute atomic E-state index is 0.109. The van der Waals surface area contributed by atoms with Crippen molar-refractivity contribution in [2.45, 2.75) is 53.5 Å². The zero-order valence-corrected chi connectivity index (χ0v) is 11.2. The summed E-state index contributed by atoms with van der Waals surface area (Å²) in [5, 5.41) is 3.43. The van der Waals surface area contributed by atoms with Gasteiger partial charge in [0.2, 0.25) is 0 Å². The molecule has 0 atom stereocenters. The van der Waals surface area contributed by atoms with Crippen LogP contribution in [0.2, 0.25) is 0 Å². The first-order chi connectivity index (χ1) is 6.92. The Morgan fingerprint density at radius 3 is 2.00 bits per heavy atom. The second-order valence-corrected chi connectivity index (χ2v) is 4.78. The van der Waals surface area contributed by atoms with Crippen molar-refractivity contribution >= 4 is 5.84 Å². The van der Waals surface area contributed by atoms with Gasteiger partial charge in [-0.2, -0.15) is 0 Å². The Hall–Kier alpha value is -0.570. The molecule has 0 unspecified atom stereocenters. The summed E-state index contributed by atoms with van der Waals surface area (Å²) in [7, 11) is 0. The zero-order valence-electron chi connectivity index (χ0n) is 11.2. The molecule has 0 saturated carbocycles. The molecule has 0 radical (unpaired) electrons. The maximum absolute atomic E-state index is 4.60. The van der Waals surface area contributed by atoms with E-state index in [1.807, 2.05) is 0 Å². The van der Waals surface area contributed by atoms with Crippen molar-refractivity contribution in [3.63, 3.8) is 0 Å². The molecule has 0 saturated heterocycles. The lowest BCUT2D eigenvalue weighted by Gasteiger charge is -2.24. The molecule has 0 amide bonds. The Labute approximate surface area is 95.0 Å². The van der Waals surface area contributed by atoms with Gasteiger partial charge in [0.25, 0.3) is 0 Å². The number of nitrogens with zero attached hydrogens (tertiary/aromatic N) is 2. The van der Waals surface area contributed by atoms with E-state index in [1.54, 1.807) is 0 Å². The largest absolute Gasteiger partial charge is 0.369 e. The van der Waals surface area contributed by atoms with Gasteiger partial charge in [0, 0.05) is 12.0 Å². The van der Waals surface area contributed by atoms with Gasteiger partial charge in [-0.1, -0.05) is 20.8 Å². The van der Waals surface area contributed by atoms with E-state index in [2.05, 4.69) is 56.8 Å². The lowest BCUT2D eigenvalue weighted by Crippen LogP contribution is -2.41. The van der Waals surface area contributed by atoms with E-state index in [-0.39, 0.29) is 5.54 Å². The fourth-order valence-corrected chi connectivity index (χ4v) is 1.28. The van der Waals surface area contributed by atoms with Gasteiger partial charge in [-0.15, -0.1) is 0 Å². The summed E-state index contributed by atoms with van der Waals surface area (Å²) in [5.41, 5.74) is 0.109. The first-order valence-corrected chi connectivity index (χ1v) is 5.96. The fourth-order valence-electron chi connectivity index (χ4n) is 1.28. The lowest BCUT2D eigenvalue weighted by molar-refractivity contribution is 0.313. The first kappa shape index (κ1) is 14.4. The van der Waals surface area contributed by atoms with Gasteiger partial charge in [-0.25, -0.2) is 0 Å². The summed E-state index contributed by atoms with van der Waals surface area (Å²) in [6, 6.07) is 0. The quantitative estimate of drug-likeness (QED) is 0.561. The van der Waals surface area contributed by atoms with Crippen LogP contribution in [-0.4, -0.2) is 36.0 Å². The summed E-state index contributed by atoms with van der Waals surface area (Å²) >= 11 is 0. The molecule has 0 rings (SSSR count). The number of rotatable bonds is 5. The summed E-state index contributed by atoms with van der Waals surface area (Å²) in [6.45, 7) is 15.9. The zero-order chi connectivity index (χ0) is 11.9. The van der Waals surface area contributed by atoms with Crippen molar-refractivity contribution in [1.29, 1.82) is 0 Å². The van der Waals surface area contributed by atoms with E-state index in [0.717, 1.165) is 32.0 Å². The van der Waals surface area contributed by atoms with Crippen molar-refractivity contribution in [3.05, 3.63) is 0 Å². The lowest BCUT2D eigenvalue weighted by atomic mass is 10.1. The van der Waals surface area contributed by atoms with Gasteiger partial charge in [-0.3, -0.25) is 9.89 Å². The van der Waals surface area contributed by atoms with Crippen LogP contribution < -0.4 is 5.32 Å². The third kappa shape index (κ3) is 7.37. The summed E-state index contributed by atoms with van der Waals surface area (Å²) in [4.78, 5) is 6.91. The minimum Gasteiger partial charge on any atom is -0.369 e. The second kappa shape index (κ2) is 6.83. The maximum atomic E-state index is 4.60. The number of amidine groups is 1. The van der Waals surface area contributed by atoms with Gasteiger partial charge in [0.15, 0.2) is 0 Å². The Morgan fingerprint density at radius 2 is 1.67 bits per heavy atom. The molecule has 0 aliphatic heterocycles. The van der Waals surface area contributed by atoms with Gasteiger partial charge in [0.05, 0.1) is 12.5 Å². The van der Waals surface area contributed by atoms with Crippen molar-refractivity contribution in [2.75, 3.05) is 19.8 Å². The van der Waals surface area contributed by atoms with E-state index in [1.165, 1.54) is 0 Å². The number of nitrogens with one attached hydrogen (secondary N) is 1. The monoisotopic (exact) mass is 213 g/mol. The van der Waals surface area contributed by atoms with Gasteiger partial charge in [-0.05, 0) is 33.9 Å². The molecule has 0 aromatic heterocycles. The van der Waals surface area contributed by atoms with Gasteiger partial charge < -0.3 is 5.32 Å². The highest BCUT2D eigenvalue weighted by Gasteiger charge is 2.10. The van der Waals surface area contributed by atoms with Crippen LogP contribution in [0.3, 0.4) is 0 Å². The van der Waals surface area contributed by atoms with Crippen molar-refractivity contribution < 1.29 is 0 Å². The van der Waals surface area contributed by atoms with Crippen LogP contribution in [0.5, 0.6) is 0 Å². The molecule has 0 aromatic rings. The van der Waals surface area contributed by atoms with E-state index < -0.39 is 0 Å². The molecule has 0 aromatic carbocycles. The molecule has 3 heteroatoms. The number of hydrogen-bond donors (Lipinski definition) is 1. The Morgan fingerprint density at radius 1 is 1.13 bits per heavy atom. The standard InChI is InChI=1S/C12H27N3/c1-7-11(14-12(4,5)6)13-10-15(8-2)9-3/h7-10H2,1-6H3,(H,13,14). The average Bonchev–Trinajstić information content (AvgIpc) is 2.15. The maximum Gasteiger partial charge on any atom is 0.0980 e. The molecule has 0 heterocycles. The molecule has 0 aliphatic carbocycles.